The molecular formula is C12H22N2O3. The Morgan fingerprint density at radius 2 is 2.00 bits per heavy atom. The van der Waals surface area contributed by atoms with Gasteiger partial charge in [-0.05, 0) is 25.3 Å². The largest absolute Gasteiger partial charge is 0.469 e. The van der Waals surface area contributed by atoms with Crippen LogP contribution in [0.25, 0.3) is 0 Å². The first-order valence-electron chi connectivity index (χ1n) is 6.14. The van der Waals surface area contributed by atoms with Gasteiger partial charge in [0.15, 0.2) is 0 Å². The number of esters is 1. The zero-order valence-electron chi connectivity index (χ0n) is 10.6. The number of hydrogen-bond acceptors (Lipinski definition) is 4. The fraction of sp³-hybridized carbons (Fsp3) is 0.833. The third-order valence-electron chi connectivity index (χ3n) is 3.31. The summed E-state index contributed by atoms with van der Waals surface area (Å²) < 4.78 is 4.71. The predicted molar refractivity (Wildman–Crippen MR) is 64.2 cm³/mol. The lowest BCUT2D eigenvalue weighted by Gasteiger charge is -2.31. The molecule has 5 heteroatoms. The van der Waals surface area contributed by atoms with Crippen LogP contribution in [0.5, 0.6) is 0 Å². The molecule has 0 aromatic rings. The molecule has 1 aliphatic rings. The number of nitrogens with zero attached hydrogens (tertiary/aromatic N) is 1. The molecule has 1 saturated heterocycles. The maximum absolute atomic E-state index is 11.9. The highest BCUT2D eigenvalue weighted by atomic mass is 16.5. The van der Waals surface area contributed by atoms with Crippen molar-refractivity contribution < 1.29 is 14.3 Å². The number of piperidine rings is 1. The van der Waals surface area contributed by atoms with Crippen LogP contribution in [-0.2, 0) is 14.3 Å². The predicted octanol–water partition coefficient (Wildman–Crippen LogP) is 0.383. The van der Waals surface area contributed by atoms with E-state index in [0.29, 0.717) is 38.9 Å². The minimum absolute atomic E-state index is 0.0454. The molecule has 1 aliphatic heterocycles. The summed E-state index contributed by atoms with van der Waals surface area (Å²) in [5, 5.41) is 0. The van der Waals surface area contributed by atoms with E-state index < -0.39 is 0 Å². The Balaban J connectivity index is 2.36. The van der Waals surface area contributed by atoms with Crippen LogP contribution in [0.1, 0.15) is 26.2 Å². The SMILES string of the molecule is COC(=O)C1CCN(C(=O)CC(C)CN)CC1. The van der Waals surface area contributed by atoms with Gasteiger partial charge in [0.1, 0.15) is 0 Å². The molecule has 0 aromatic carbocycles. The Morgan fingerprint density at radius 1 is 1.41 bits per heavy atom. The summed E-state index contributed by atoms with van der Waals surface area (Å²) in [6.07, 6.45) is 1.91. The number of likely N-dealkylation sites (tertiary alicyclic amines) is 1. The van der Waals surface area contributed by atoms with Crippen LogP contribution in [0, 0.1) is 11.8 Å². The zero-order valence-corrected chi connectivity index (χ0v) is 10.6. The van der Waals surface area contributed by atoms with Crippen LogP contribution in [0.15, 0.2) is 0 Å². The van der Waals surface area contributed by atoms with Gasteiger partial charge in [0, 0.05) is 19.5 Å². The first-order chi connectivity index (χ1) is 8.08. The summed E-state index contributed by atoms with van der Waals surface area (Å²) in [6.45, 7) is 3.80. The van der Waals surface area contributed by atoms with E-state index in [9.17, 15) is 9.59 Å². The Labute approximate surface area is 102 Å². The van der Waals surface area contributed by atoms with Crippen molar-refractivity contribution in [2.75, 3.05) is 26.7 Å². The van der Waals surface area contributed by atoms with Crippen LogP contribution in [-0.4, -0.2) is 43.5 Å². The Kier molecular flexibility index (Phi) is 5.41. The van der Waals surface area contributed by atoms with Gasteiger partial charge in [-0.3, -0.25) is 9.59 Å². The van der Waals surface area contributed by atoms with Gasteiger partial charge in [-0.15, -0.1) is 0 Å². The molecule has 1 rings (SSSR count). The van der Waals surface area contributed by atoms with E-state index in [-0.39, 0.29) is 23.7 Å². The van der Waals surface area contributed by atoms with Crippen LogP contribution >= 0.6 is 0 Å². The van der Waals surface area contributed by atoms with E-state index in [4.69, 9.17) is 10.5 Å². The molecule has 1 amide bonds. The summed E-state index contributed by atoms with van der Waals surface area (Å²) in [4.78, 5) is 25.0. The smallest absolute Gasteiger partial charge is 0.308 e. The molecule has 0 spiro atoms. The molecular weight excluding hydrogens is 220 g/mol. The topological polar surface area (TPSA) is 72.6 Å². The fourth-order valence-corrected chi connectivity index (χ4v) is 2.04. The maximum atomic E-state index is 11.9. The van der Waals surface area contributed by atoms with Gasteiger partial charge in [-0.1, -0.05) is 6.92 Å². The lowest BCUT2D eigenvalue weighted by Crippen LogP contribution is -2.41. The molecule has 1 fully saturated rings. The van der Waals surface area contributed by atoms with E-state index in [0.717, 1.165) is 0 Å². The van der Waals surface area contributed by atoms with Crippen molar-refractivity contribution in [1.29, 1.82) is 0 Å². The number of carbonyl (C=O) groups excluding carboxylic acids is 2. The fourth-order valence-electron chi connectivity index (χ4n) is 2.04. The van der Waals surface area contributed by atoms with E-state index in [2.05, 4.69) is 0 Å². The van der Waals surface area contributed by atoms with Crippen molar-refractivity contribution in [2.24, 2.45) is 17.6 Å². The van der Waals surface area contributed by atoms with Crippen LogP contribution in [0.3, 0.4) is 0 Å². The van der Waals surface area contributed by atoms with E-state index in [1.807, 2.05) is 11.8 Å². The highest BCUT2D eigenvalue weighted by Gasteiger charge is 2.27. The van der Waals surface area contributed by atoms with Crippen LogP contribution in [0.4, 0.5) is 0 Å². The summed E-state index contributed by atoms with van der Waals surface area (Å²) in [5.74, 6) is 0.163. The summed E-state index contributed by atoms with van der Waals surface area (Å²) in [5.41, 5.74) is 5.50. The van der Waals surface area contributed by atoms with Crippen molar-refractivity contribution in [3.05, 3.63) is 0 Å². The third kappa shape index (κ3) is 4.00. The number of amides is 1. The highest BCUT2D eigenvalue weighted by Crippen LogP contribution is 2.19. The molecule has 0 radical (unpaired) electrons. The van der Waals surface area contributed by atoms with Gasteiger partial charge in [0.25, 0.3) is 0 Å². The summed E-state index contributed by atoms with van der Waals surface area (Å²) in [7, 11) is 1.41. The van der Waals surface area contributed by atoms with Crippen molar-refractivity contribution in [1.82, 2.24) is 4.90 Å². The first kappa shape index (κ1) is 14.0. The minimum atomic E-state index is -0.160. The second-order valence-electron chi connectivity index (χ2n) is 4.72. The number of methoxy groups -OCH3 is 1. The second-order valence-corrected chi connectivity index (χ2v) is 4.72. The van der Waals surface area contributed by atoms with Gasteiger partial charge < -0.3 is 15.4 Å². The lowest BCUT2D eigenvalue weighted by atomic mass is 9.96. The molecule has 1 atom stereocenters. The van der Waals surface area contributed by atoms with Gasteiger partial charge in [-0.25, -0.2) is 0 Å². The standard InChI is InChI=1S/C12H22N2O3/c1-9(8-13)7-11(15)14-5-3-10(4-6-14)12(16)17-2/h9-10H,3-8,13H2,1-2H3. The number of hydrogen-bond donors (Lipinski definition) is 1. The van der Waals surface area contributed by atoms with E-state index in [1.165, 1.54) is 7.11 Å². The molecule has 2 N–H and O–H groups in total. The Hall–Kier alpha value is -1.10. The monoisotopic (exact) mass is 242 g/mol. The van der Waals surface area contributed by atoms with Gasteiger partial charge in [0.2, 0.25) is 5.91 Å². The number of rotatable bonds is 4. The average molecular weight is 242 g/mol. The van der Waals surface area contributed by atoms with Gasteiger partial charge in [0.05, 0.1) is 13.0 Å². The highest BCUT2D eigenvalue weighted by molar-refractivity contribution is 5.77. The summed E-state index contributed by atoms with van der Waals surface area (Å²) >= 11 is 0. The van der Waals surface area contributed by atoms with Crippen molar-refractivity contribution in [2.45, 2.75) is 26.2 Å². The minimum Gasteiger partial charge on any atom is -0.469 e. The van der Waals surface area contributed by atoms with Crippen LogP contribution < -0.4 is 5.73 Å². The van der Waals surface area contributed by atoms with E-state index in [1.54, 1.807) is 0 Å². The zero-order chi connectivity index (χ0) is 12.8. The third-order valence-corrected chi connectivity index (χ3v) is 3.31. The molecule has 0 bridgehead atoms. The lowest BCUT2D eigenvalue weighted by molar-refractivity contribution is -0.149. The average Bonchev–Trinajstić information content (AvgIpc) is 2.37. The number of nitrogens with two attached hydrogens (primary N) is 1. The van der Waals surface area contributed by atoms with Gasteiger partial charge >= 0.3 is 5.97 Å². The number of carbonyl (C=O) groups is 2. The van der Waals surface area contributed by atoms with Crippen molar-refractivity contribution in [3.63, 3.8) is 0 Å². The molecule has 0 aliphatic carbocycles. The van der Waals surface area contributed by atoms with Crippen molar-refractivity contribution in [3.8, 4) is 0 Å². The molecule has 1 unspecified atom stereocenters. The molecule has 5 nitrogen and oxygen atoms in total. The molecule has 0 aromatic heterocycles. The summed E-state index contributed by atoms with van der Waals surface area (Å²) in [6, 6.07) is 0. The Bertz CT molecular complexity index is 273. The van der Waals surface area contributed by atoms with E-state index >= 15 is 0 Å². The Morgan fingerprint density at radius 3 is 2.47 bits per heavy atom. The maximum Gasteiger partial charge on any atom is 0.308 e. The first-order valence-corrected chi connectivity index (χ1v) is 6.14. The molecule has 17 heavy (non-hydrogen) atoms. The van der Waals surface area contributed by atoms with Gasteiger partial charge in [-0.2, -0.15) is 0 Å². The van der Waals surface area contributed by atoms with Crippen LogP contribution in [0.2, 0.25) is 0 Å². The number of ether oxygens (including phenoxy) is 1. The molecule has 98 valence electrons. The molecule has 0 saturated carbocycles. The molecule has 1 heterocycles. The quantitative estimate of drug-likeness (QED) is 0.723. The normalized spacial score (nSPS) is 18.9. The van der Waals surface area contributed by atoms with Crippen molar-refractivity contribution >= 4 is 11.9 Å². The second kappa shape index (κ2) is 6.59.